The van der Waals surface area contributed by atoms with Gasteiger partial charge < -0.3 is 10.0 Å². The summed E-state index contributed by atoms with van der Waals surface area (Å²) in [6.07, 6.45) is 3.41. The van der Waals surface area contributed by atoms with Crippen LogP contribution in [0, 0.1) is 6.92 Å². The van der Waals surface area contributed by atoms with Gasteiger partial charge in [-0.25, -0.2) is 9.78 Å². The number of hydrogen-bond acceptors (Lipinski definition) is 4. The van der Waals surface area contributed by atoms with Crippen LogP contribution in [0.1, 0.15) is 17.7 Å². The minimum Gasteiger partial charge on any atom is -0.480 e. The number of nitrogens with zero attached hydrogens (tertiary/aromatic N) is 2. The molecule has 1 heterocycles. The summed E-state index contributed by atoms with van der Waals surface area (Å²) in [6, 6.07) is -0.323. The Kier molecular flexibility index (Phi) is 3.28. The summed E-state index contributed by atoms with van der Waals surface area (Å²) in [5, 5.41) is 11.9. The molecule has 17 heavy (non-hydrogen) atoms. The quantitative estimate of drug-likeness (QED) is 0.854. The van der Waals surface area contributed by atoms with Crippen molar-refractivity contribution in [1.82, 2.24) is 9.88 Å². The fourth-order valence-corrected chi connectivity index (χ4v) is 2.13. The molecule has 1 aliphatic rings. The second kappa shape index (κ2) is 4.70. The van der Waals surface area contributed by atoms with Gasteiger partial charge in [-0.2, -0.15) is 0 Å². The highest BCUT2D eigenvalue weighted by Gasteiger charge is 2.34. The molecule has 1 aromatic heterocycles. The topological polar surface area (TPSA) is 82.5 Å². The Labute approximate surface area is 102 Å². The van der Waals surface area contributed by atoms with E-state index in [1.807, 2.05) is 6.92 Å². The van der Waals surface area contributed by atoms with Crippen LogP contribution in [0.4, 0.5) is 9.93 Å². The van der Waals surface area contributed by atoms with E-state index >= 15 is 0 Å². The number of nitrogens with one attached hydrogen (secondary N) is 1. The molecule has 0 aromatic carbocycles. The molecule has 0 aliphatic heterocycles. The molecular weight excluding hydrogens is 242 g/mol. The summed E-state index contributed by atoms with van der Waals surface area (Å²) in [4.78, 5) is 28.9. The highest BCUT2D eigenvalue weighted by molar-refractivity contribution is 7.15. The van der Waals surface area contributed by atoms with E-state index in [9.17, 15) is 9.59 Å². The molecule has 2 rings (SSSR count). The number of carboxylic acid groups (broad SMARTS) is 1. The van der Waals surface area contributed by atoms with Gasteiger partial charge in [0.25, 0.3) is 0 Å². The first-order chi connectivity index (χ1) is 8.06. The minimum absolute atomic E-state index is 0.0622. The zero-order valence-corrected chi connectivity index (χ0v) is 10.2. The minimum atomic E-state index is -0.998. The van der Waals surface area contributed by atoms with Gasteiger partial charge in [-0.3, -0.25) is 10.1 Å². The zero-order chi connectivity index (χ0) is 12.4. The van der Waals surface area contributed by atoms with Crippen molar-refractivity contribution in [3.8, 4) is 0 Å². The Bertz CT molecular complexity index is 442. The normalized spacial score (nSPS) is 14.4. The molecule has 1 saturated carbocycles. The number of aliphatic carboxylic acids is 1. The van der Waals surface area contributed by atoms with Crippen molar-refractivity contribution in [3.63, 3.8) is 0 Å². The van der Waals surface area contributed by atoms with Crippen LogP contribution in [0.5, 0.6) is 0 Å². The smallest absolute Gasteiger partial charge is 0.324 e. The molecule has 2 N–H and O–H groups in total. The third-order valence-corrected chi connectivity index (χ3v) is 3.22. The lowest BCUT2D eigenvalue weighted by molar-refractivity contribution is -0.137. The summed E-state index contributed by atoms with van der Waals surface area (Å²) < 4.78 is 0. The van der Waals surface area contributed by atoms with E-state index in [-0.39, 0.29) is 18.6 Å². The second-order valence-electron chi connectivity index (χ2n) is 3.96. The van der Waals surface area contributed by atoms with Crippen LogP contribution in [-0.2, 0) is 4.79 Å². The number of thiazole rings is 1. The van der Waals surface area contributed by atoms with Crippen molar-refractivity contribution >= 4 is 28.5 Å². The molecule has 92 valence electrons. The van der Waals surface area contributed by atoms with Crippen molar-refractivity contribution in [2.75, 3.05) is 11.9 Å². The van der Waals surface area contributed by atoms with Crippen LogP contribution < -0.4 is 5.32 Å². The fourth-order valence-electron chi connectivity index (χ4n) is 1.47. The zero-order valence-electron chi connectivity index (χ0n) is 9.34. The lowest BCUT2D eigenvalue weighted by Gasteiger charge is -2.19. The molecule has 2 amide bonds. The van der Waals surface area contributed by atoms with Crippen LogP contribution in [0.3, 0.4) is 0 Å². The molecule has 0 atom stereocenters. The highest BCUT2D eigenvalue weighted by Crippen LogP contribution is 2.27. The molecular formula is C10H13N3O3S. The summed E-state index contributed by atoms with van der Waals surface area (Å²) >= 11 is 1.37. The molecule has 1 fully saturated rings. The molecule has 1 aliphatic carbocycles. The maximum absolute atomic E-state index is 11.9. The first-order valence-electron chi connectivity index (χ1n) is 5.28. The number of hydrogen-bond donors (Lipinski definition) is 2. The first-order valence-corrected chi connectivity index (χ1v) is 6.10. The van der Waals surface area contributed by atoms with Crippen molar-refractivity contribution in [2.45, 2.75) is 25.8 Å². The van der Waals surface area contributed by atoms with Crippen LogP contribution >= 0.6 is 11.3 Å². The molecule has 0 unspecified atom stereocenters. The van der Waals surface area contributed by atoms with Crippen LogP contribution in [0.25, 0.3) is 0 Å². The van der Waals surface area contributed by atoms with Crippen molar-refractivity contribution < 1.29 is 14.7 Å². The van der Waals surface area contributed by atoms with Gasteiger partial charge in [0.1, 0.15) is 6.54 Å². The molecule has 1 aromatic rings. The number of aryl methyl sites for hydroxylation is 1. The number of rotatable bonds is 4. The molecule has 0 spiro atoms. The van der Waals surface area contributed by atoms with E-state index in [0.29, 0.717) is 5.13 Å². The number of aromatic nitrogens is 1. The molecule has 0 bridgehead atoms. The standard InChI is InChI=1S/C10H13N3O3S/c1-6-4-11-9(17-6)12-10(16)13(5-8(14)15)7-2-3-7/h4,7H,2-3,5H2,1H3,(H,14,15)(H,11,12,16). The van der Waals surface area contributed by atoms with Gasteiger partial charge in [0, 0.05) is 17.1 Å². The van der Waals surface area contributed by atoms with Gasteiger partial charge in [-0.15, -0.1) is 11.3 Å². The summed E-state index contributed by atoms with van der Waals surface area (Å²) in [5.41, 5.74) is 0. The average Bonchev–Trinajstić information content (AvgIpc) is 3.00. The molecule has 7 heteroatoms. The summed E-state index contributed by atoms with van der Waals surface area (Å²) in [5.74, 6) is -0.998. The van der Waals surface area contributed by atoms with Gasteiger partial charge in [-0.05, 0) is 19.8 Å². The van der Waals surface area contributed by atoms with E-state index < -0.39 is 5.97 Å². The average molecular weight is 255 g/mol. The van der Waals surface area contributed by atoms with Crippen molar-refractivity contribution in [3.05, 3.63) is 11.1 Å². The Morgan fingerprint density at radius 3 is 2.82 bits per heavy atom. The monoisotopic (exact) mass is 255 g/mol. The number of urea groups is 1. The number of carbonyl (C=O) groups is 2. The van der Waals surface area contributed by atoms with Gasteiger partial charge in [0.15, 0.2) is 5.13 Å². The number of carbonyl (C=O) groups excluding carboxylic acids is 1. The Morgan fingerprint density at radius 1 is 1.65 bits per heavy atom. The maximum Gasteiger partial charge on any atom is 0.324 e. The van der Waals surface area contributed by atoms with E-state index in [4.69, 9.17) is 5.11 Å². The van der Waals surface area contributed by atoms with Crippen LogP contribution in [-0.4, -0.2) is 39.6 Å². The highest BCUT2D eigenvalue weighted by atomic mass is 32.1. The number of carboxylic acids is 1. The number of anilines is 1. The van der Waals surface area contributed by atoms with Gasteiger partial charge in [0.05, 0.1) is 0 Å². The Morgan fingerprint density at radius 2 is 2.35 bits per heavy atom. The van der Waals surface area contributed by atoms with E-state index in [0.717, 1.165) is 17.7 Å². The second-order valence-corrected chi connectivity index (χ2v) is 5.19. The van der Waals surface area contributed by atoms with Crippen molar-refractivity contribution in [1.29, 1.82) is 0 Å². The largest absolute Gasteiger partial charge is 0.480 e. The van der Waals surface area contributed by atoms with Crippen LogP contribution in [0.2, 0.25) is 0 Å². The Balaban J connectivity index is 1.98. The van der Waals surface area contributed by atoms with Gasteiger partial charge in [-0.1, -0.05) is 0 Å². The lowest BCUT2D eigenvalue weighted by Crippen LogP contribution is -2.40. The van der Waals surface area contributed by atoms with Crippen LogP contribution in [0.15, 0.2) is 6.20 Å². The predicted octanol–water partition coefficient (Wildman–Crippen LogP) is 1.53. The third kappa shape index (κ3) is 3.16. The summed E-state index contributed by atoms with van der Waals surface area (Å²) in [7, 11) is 0. The maximum atomic E-state index is 11.9. The predicted molar refractivity (Wildman–Crippen MR) is 63.2 cm³/mol. The first kappa shape index (κ1) is 11.8. The molecule has 6 nitrogen and oxygen atoms in total. The Hall–Kier alpha value is -1.63. The fraction of sp³-hybridized carbons (Fsp3) is 0.500. The van der Waals surface area contributed by atoms with E-state index in [1.165, 1.54) is 16.2 Å². The van der Waals surface area contributed by atoms with E-state index in [2.05, 4.69) is 10.3 Å². The van der Waals surface area contributed by atoms with Gasteiger partial charge in [0.2, 0.25) is 0 Å². The van der Waals surface area contributed by atoms with E-state index in [1.54, 1.807) is 6.20 Å². The number of amides is 2. The SMILES string of the molecule is Cc1cnc(NC(=O)N(CC(=O)O)C2CC2)s1. The molecule has 0 saturated heterocycles. The third-order valence-electron chi connectivity index (χ3n) is 2.39. The van der Waals surface area contributed by atoms with Gasteiger partial charge >= 0.3 is 12.0 Å². The van der Waals surface area contributed by atoms with Crippen molar-refractivity contribution in [2.24, 2.45) is 0 Å². The lowest BCUT2D eigenvalue weighted by atomic mass is 10.5. The molecule has 0 radical (unpaired) electrons. The summed E-state index contributed by atoms with van der Waals surface area (Å²) in [6.45, 7) is 1.63.